The fourth-order valence-corrected chi connectivity index (χ4v) is 5.48. The maximum atomic E-state index is 14.8. The van der Waals surface area contributed by atoms with Crippen molar-refractivity contribution in [2.75, 3.05) is 26.2 Å². The number of carboxylic acid groups (broad SMARTS) is 1. The number of aliphatic carboxylic acids is 1. The summed E-state index contributed by atoms with van der Waals surface area (Å²) in [5.74, 6) is -3.82. The van der Waals surface area contributed by atoms with E-state index in [1.165, 1.54) is 17.0 Å². The van der Waals surface area contributed by atoms with Gasteiger partial charge in [-0.15, -0.1) is 0 Å². The minimum Gasteiger partial charge on any atom is -0.542 e. The number of carbonyl (C=O) groups is 2. The average molecular weight is 621 g/mol. The van der Waals surface area contributed by atoms with E-state index in [0.717, 1.165) is 37.9 Å². The van der Waals surface area contributed by atoms with Gasteiger partial charge in [0.25, 0.3) is 11.5 Å². The quantitative estimate of drug-likeness (QED) is 0.414. The second-order valence-electron chi connectivity index (χ2n) is 9.71. The number of nitrogens with zero attached hydrogens (tertiary/aromatic N) is 2. The van der Waals surface area contributed by atoms with Crippen LogP contribution in [0.5, 0.6) is 0 Å². The van der Waals surface area contributed by atoms with Gasteiger partial charge in [0, 0.05) is 31.3 Å². The van der Waals surface area contributed by atoms with Gasteiger partial charge in [-0.3, -0.25) is 14.0 Å². The third kappa shape index (κ3) is 7.81. The molecule has 1 atom stereocenters. The Morgan fingerprint density at radius 1 is 1.12 bits per heavy atom. The average Bonchev–Trinajstić information content (AvgIpc) is 3.07. The number of quaternary nitrogens is 1. The van der Waals surface area contributed by atoms with Gasteiger partial charge >= 0.3 is 6.18 Å². The molecule has 1 unspecified atom stereocenters. The Bertz CT molecular complexity index is 1450. The molecule has 41 heavy (non-hydrogen) atoms. The smallest absolute Gasteiger partial charge is 0.430 e. The Labute approximate surface area is 243 Å². The highest BCUT2D eigenvalue weighted by atomic mass is 35.5. The lowest BCUT2D eigenvalue weighted by Crippen LogP contribution is -3.16. The second-order valence-corrected chi connectivity index (χ2v) is 10.5. The van der Waals surface area contributed by atoms with E-state index in [4.69, 9.17) is 33.1 Å². The van der Waals surface area contributed by atoms with E-state index in [1.807, 2.05) is 0 Å². The van der Waals surface area contributed by atoms with E-state index in [2.05, 4.69) is 18.8 Å². The number of aromatic nitrogens is 2. The molecule has 2 N–H and O–H groups in total. The number of fused-ring (bicyclic) bond motifs is 1. The van der Waals surface area contributed by atoms with Crippen LogP contribution in [0.25, 0.3) is 5.52 Å². The van der Waals surface area contributed by atoms with Gasteiger partial charge in [0.15, 0.2) is 0 Å². The maximum absolute atomic E-state index is 14.8. The number of alkyl halides is 3. The number of nitrogens with one attached hydrogen (secondary N) is 2. The van der Waals surface area contributed by atoms with Gasteiger partial charge in [0.1, 0.15) is 22.5 Å². The third-order valence-corrected chi connectivity index (χ3v) is 7.90. The summed E-state index contributed by atoms with van der Waals surface area (Å²) in [6.07, 6.45) is -0.158. The van der Waals surface area contributed by atoms with E-state index < -0.39 is 18.0 Å². The van der Waals surface area contributed by atoms with Crippen LogP contribution >= 0.6 is 23.2 Å². The molecule has 3 aromatic rings. The first-order valence-corrected chi connectivity index (χ1v) is 13.8. The van der Waals surface area contributed by atoms with Gasteiger partial charge in [-0.2, -0.15) is 13.2 Å². The maximum Gasteiger partial charge on any atom is 0.430 e. The number of hydrogen-bond donors (Lipinski definition) is 2. The van der Waals surface area contributed by atoms with Crippen molar-refractivity contribution in [3.8, 4) is 0 Å². The summed E-state index contributed by atoms with van der Waals surface area (Å²) in [6.45, 7) is 7.57. The number of carbonyl (C=O) groups excluding carboxylic acids is 2. The van der Waals surface area contributed by atoms with E-state index in [9.17, 15) is 27.2 Å². The summed E-state index contributed by atoms with van der Waals surface area (Å²) in [4.78, 5) is 40.2. The molecule has 14 heteroatoms. The van der Waals surface area contributed by atoms with Gasteiger partial charge in [0.2, 0.25) is 0 Å². The van der Waals surface area contributed by atoms with Crippen molar-refractivity contribution in [2.24, 2.45) is 0 Å². The van der Waals surface area contributed by atoms with Gasteiger partial charge < -0.3 is 24.7 Å². The Morgan fingerprint density at radius 2 is 1.78 bits per heavy atom. The van der Waals surface area contributed by atoms with Crippen molar-refractivity contribution in [2.45, 2.75) is 51.7 Å². The standard InChI is InChI=1S/C25H29Cl2FN4O2.C2HF3O2/c1-3-17(4-2)30-8-5-9-31(11-10-30)25(34)19-13-16(6-7-21(19)28)12-18-15-29-24(33)22-14-20(26)23(27)32(18)22;3-2(4,5)1(6)7/h6-7,13-15,17H,3-5,8-12H2,1-2H3,(H,29,33);(H,6,7). The Hall–Kier alpha value is -3.09. The lowest BCUT2D eigenvalue weighted by Gasteiger charge is -2.26. The minimum atomic E-state index is -5.19. The molecule has 8 nitrogen and oxygen atoms in total. The molecule has 224 valence electrons. The monoisotopic (exact) mass is 620 g/mol. The minimum absolute atomic E-state index is 0.0702. The van der Waals surface area contributed by atoms with Crippen LogP contribution in [0.1, 0.15) is 54.7 Å². The van der Waals surface area contributed by atoms with E-state index in [0.29, 0.717) is 36.8 Å². The number of hydrogen-bond acceptors (Lipinski definition) is 4. The normalized spacial score (nSPS) is 15.9. The highest BCUT2D eigenvalue weighted by Gasteiger charge is 2.29. The van der Waals surface area contributed by atoms with Crippen molar-refractivity contribution in [3.63, 3.8) is 0 Å². The molecular weight excluding hydrogens is 591 g/mol. The number of aromatic amines is 1. The SMILES string of the molecule is CCC(CC)[NH+]1CCCN(C(=O)c2cc(Cc3c[nH]c(=O)c4cc(Cl)c(Cl)n34)ccc2F)CC1.O=C([O-])C(F)(F)F. The van der Waals surface area contributed by atoms with Crippen molar-refractivity contribution in [1.29, 1.82) is 0 Å². The number of carboxylic acids is 1. The first-order valence-electron chi connectivity index (χ1n) is 13.1. The topological polar surface area (TPSA) is 102 Å². The van der Waals surface area contributed by atoms with Crippen LogP contribution in [0.3, 0.4) is 0 Å². The van der Waals surface area contributed by atoms with E-state index >= 15 is 0 Å². The molecule has 1 aliphatic rings. The molecule has 1 fully saturated rings. The zero-order valence-electron chi connectivity index (χ0n) is 22.4. The molecule has 3 heterocycles. The molecule has 1 amide bonds. The number of benzene rings is 1. The summed E-state index contributed by atoms with van der Waals surface area (Å²) in [6, 6.07) is 6.68. The lowest BCUT2D eigenvalue weighted by atomic mass is 10.0. The van der Waals surface area contributed by atoms with Crippen LogP contribution in [0, 0.1) is 5.82 Å². The zero-order valence-corrected chi connectivity index (χ0v) is 23.9. The zero-order chi connectivity index (χ0) is 30.5. The van der Waals surface area contributed by atoms with E-state index in [-0.39, 0.29) is 27.2 Å². The largest absolute Gasteiger partial charge is 0.542 e. The lowest BCUT2D eigenvalue weighted by molar-refractivity contribution is -0.923. The number of amides is 1. The molecule has 0 radical (unpaired) electrons. The number of H-pyrrole nitrogens is 1. The Morgan fingerprint density at radius 3 is 2.39 bits per heavy atom. The highest BCUT2D eigenvalue weighted by molar-refractivity contribution is 6.42. The van der Waals surface area contributed by atoms with Crippen LogP contribution in [0.15, 0.2) is 35.3 Å². The highest BCUT2D eigenvalue weighted by Crippen LogP contribution is 2.27. The molecule has 1 aliphatic heterocycles. The first kappa shape index (κ1) is 32.4. The van der Waals surface area contributed by atoms with Crippen molar-refractivity contribution in [1.82, 2.24) is 14.3 Å². The molecule has 0 bridgehead atoms. The molecular formula is C27H30Cl2F4N4O4. The second kappa shape index (κ2) is 13.7. The van der Waals surface area contributed by atoms with Crippen molar-refractivity contribution < 1.29 is 37.2 Å². The summed E-state index contributed by atoms with van der Waals surface area (Å²) in [7, 11) is 0. The van der Waals surface area contributed by atoms with Crippen LogP contribution in [0.4, 0.5) is 17.6 Å². The summed E-state index contributed by atoms with van der Waals surface area (Å²) in [5, 5.41) is 9.30. The Kier molecular flexibility index (Phi) is 10.8. The van der Waals surface area contributed by atoms with Crippen LogP contribution < -0.4 is 15.6 Å². The van der Waals surface area contributed by atoms with Crippen molar-refractivity contribution in [3.05, 3.63) is 73.6 Å². The predicted molar refractivity (Wildman–Crippen MR) is 144 cm³/mol. The van der Waals surface area contributed by atoms with Gasteiger partial charge in [0.05, 0.1) is 36.3 Å². The fraction of sp³-hybridized carbons (Fsp3) is 0.444. The predicted octanol–water partition coefficient (Wildman–Crippen LogP) is 2.88. The molecule has 2 aromatic heterocycles. The fourth-order valence-electron chi connectivity index (χ4n) is 5.04. The third-order valence-electron chi connectivity index (χ3n) is 7.14. The first-order chi connectivity index (χ1) is 19.3. The molecule has 0 saturated carbocycles. The molecule has 0 aliphatic carbocycles. The van der Waals surface area contributed by atoms with Gasteiger partial charge in [-0.1, -0.05) is 43.1 Å². The summed E-state index contributed by atoms with van der Waals surface area (Å²) < 4.78 is 47.9. The summed E-state index contributed by atoms with van der Waals surface area (Å²) >= 11 is 12.4. The molecule has 4 rings (SSSR count). The van der Waals surface area contributed by atoms with Crippen LogP contribution in [0.2, 0.25) is 10.2 Å². The van der Waals surface area contributed by atoms with Gasteiger partial charge in [-0.25, -0.2) is 4.39 Å². The van der Waals surface area contributed by atoms with Crippen molar-refractivity contribution >= 4 is 40.6 Å². The molecule has 1 saturated heterocycles. The number of halogens is 6. The summed E-state index contributed by atoms with van der Waals surface area (Å²) in [5.41, 5.74) is 1.51. The molecule has 0 spiro atoms. The van der Waals surface area contributed by atoms with Crippen LogP contribution in [-0.4, -0.2) is 64.6 Å². The number of rotatable bonds is 6. The molecule has 1 aromatic carbocycles. The van der Waals surface area contributed by atoms with Gasteiger partial charge in [-0.05, 0) is 36.6 Å². The van der Waals surface area contributed by atoms with E-state index in [1.54, 1.807) is 27.6 Å². The Balaban J connectivity index is 0.000000587. The van der Waals surface area contributed by atoms with Crippen LogP contribution in [-0.2, 0) is 11.2 Å².